The molecule has 24 heavy (non-hydrogen) atoms. The minimum atomic E-state index is -0.437. The summed E-state index contributed by atoms with van der Waals surface area (Å²) >= 11 is 0. The Morgan fingerprint density at radius 2 is 1.96 bits per heavy atom. The number of amides is 1. The van der Waals surface area contributed by atoms with E-state index in [1.807, 2.05) is 26.8 Å². The van der Waals surface area contributed by atoms with Crippen LogP contribution in [0.3, 0.4) is 0 Å². The molecule has 1 aliphatic heterocycles. The quantitative estimate of drug-likeness (QED) is 0.810. The van der Waals surface area contributed by atoms with Gasteiger partial charge in [0.2, 0.25) is 0 Å². The van der Waals surface area contributed by atoms with E-state index >= 15 is 0 Å². The van der Waals surface area contributed by atoms with E-state index in [0.717, 1.165) is 25.3 Å². The number of rotatable bonds is 4. The lowest BCUT2D eigenvalue weighted by Crippen LogP contribution is -2.35. The number of hydrogen-bond donors (Lipinski definition) is 0. The fourth-order valence-electron chi connectivity index (χ4n) is 3.34. The summed E-state index contributed by atoms with van der Waals surface area (Å²) in [6.07, 6.45) is 4.64. The molecule has 1 atom stereocenters. The summed E-state index contributed by atoms with van der Waals surface area (Å²) in [5.41, 5.74) is 0.915. The predicted molar refractivity (Wildman–Crippen MR) is 94.4 cm³/mol. The summed E-state index contributed by atoms with van der Waals surface area (Å²) in [6.45, 7) is 7.85. The van der Waals surface area contributed by atoms with Gasteiger partial charge in [0.1, 0.15) is 11.4 Å². The van der Waals surface area contributed by atoms with Crippen molar-refractivity contribution in [3.63, 3.8) is 0 Å². The number of nitrogens with zero attached hydrogens (tertiary/aromatic N) is 1. The van der Waals surface area contributed by atoms with Gasteiger partial charge < -0.3 is 14.4 Å². The van der Waals surface area contributed by atoms with Crippen molar-refractivity contribution in [2.75, 3.05) is 19.7 Å². The van der Waals surface area contributed by atoms with Gasteiger partial charge in [-0.05, 0) is 57.6 Å². The van der Waals surface area contributed by atoms with Crippen LogP contribution in [0, 0.1) is 5.92 Å². The lowest BCUT2D eigenvalue weighted by molar-refractivity contribution is 0.0284. The van der Waals surface area contributed by atoms with Crippen molar-refractivity contribution in [3.05, 3.63) is 29.8 Å². The summed E-state index contributed by atoms with van der Waals surface area (Å²) < 4.78 is 11.6. The van der Waals surface area contributed by atoms with E-state index in [1.54, 1.807) is 4.90 Å². The van der Waals surface area contributed by atoms with Crippen LogP contribution in [0.5, 0.6) is 5.75 Å². The molecule has 4 heteroatoms. The van der Waals surface area contributed by atoms with Crippen molar-refractivity contribution in [2.45, 2.75) is 58.0 Å². The Morgan fingerprint density at radius 3 is 2.62 bits per heavy atom. The van der Waals surface area contributed by atoms with Crippen molar-refractivity contribution >= 4 is 6.09 Å². The van der Waals surface area contributed by atoms with Crippen molar-refractivity contribution in [1.82, 2.24) is 4.90 Å². The third-order valence-corrected chi connectivity index (χ3v) is 4.88. The summed E-state index contributed by atoms with van der Waals surface area (Å²) in [7, 11) is 0. The molecule has 0 N–H and O–H groups in total. The Morgan fingerprint density at radius 1 is 1.21 bits per heavy atom. The molecule has 0 radical (unpaired) electrons. The second-order valence-electron chi connectivity index (χ2n) is 8.06. The molecule has 0 bridgehead atoms. The Hall–Kier alpha value is -1.71. The van der Waals surface area contributed by atoms with Crippen LogP contribution >= 0.6 is 0 Å². The monoisotopic (exact) mass is 331 g/mol. The zero-order valence-electron chi connectivity index (χ0n) is 15.1. The summed E-state index contributed by atoms with van der Waals surface area (Å²) in [5, 5.41) is 0. The van der Waals surface area contributed by atoms with E-state index in [0.29, 0.717) is 18.4 Å². The number of carbonyl (C=O) groups is 1. The molecule has 2 fully saturated rings. The van der Waals surface area contributed by atoms with E-state index in [9.17, 15) is 4.79 Å². The van der Waals surface area contributed by atoms with Crippen molar-refractivity contribution in [2.24, 2.45) is 5.92 Å². The van der Waals surface area contributed by atoms with E-state index in [4.69, 9.17) is 9.47 Å². The molecule has 1 saturated heterocycles. The second kappa shape index (κ2) is 7.04. The van der Waals surface area contributed by atoms with Gasteiger partial charge in [0, 0.05) is 19.0 Å². The summed E-state index contributed by atoms with van der Waals surface area (Å²) in [4.78, 5) is 13.9. The molecular formula is C20H29NO3. The van der Waals surface area contributed by atoms with Crippen LogP contribution in [0.1, 0.15) is 57.9 Å². The maximum atomic E-state index is 12.1. The van der Waals surface area contributed by atoms with Gasteiger partial charge in [0.05, 0.1) is 6.61 Å². The summed E-state index contributed by atoms with van der Waals surface area (Å²) in [6, 6.07) is 8.41. The molecule has 1 aromatic carbocycles. The van der Waals surface area contributed by atoms with Crippen molar-refractivity contribution in [1.29, 1.82) is 0 Å². The first kappa shape index (κ1) is 17.1. The molecule has 4 nitrogen and oxygen atoms in total. The zero-order chi connectivity index (χ0) is 17.2. The number of benzene rings is 1. The standard InChI is InChI=1S/C20H29NO3/c1-20(2,3)24-19(22)21-12-11-15(13-21)14-23-18-10-5-4-9-17(18)16-7-6-8-16/h4-5,9-10,15-16H,6-8,11-14H2,1-3H3/t15-/m0/s1. The highest BCUT2D eigenvalue weighted by Crippen LogP contribution is 2.40. The van der Waals surface area contributed by atoms with Gasteiger partial charge in [-0.15, -0.1) is 0 Å². The average Bonchev–Trinajstić information content (AvgIpc) is 2.92. The molecule has 3 rings (SSSR count). The third-order valence-electron chi connectivity index (χ3n) is 4.88. The Balaban J connectivity index is 1.51. The van der Waals surface area contributed by atoms with Crippen LogP contribution in [-0.2, 0) is 4.74 Å². The molecule has 0 unspecified atom stereocenters. The first-order valence-corrected chi connectivity index (χ1v) is 9.12. The summed E-state index contributed by atoms with van der Waals surface area (Å²) in [5.74, 6) is 2.08. The maximum Gasteiger partial charge on any atom is 0.410 e. The van der Waals surface area contributed by atoms with Crippen LogP contribution in [0.25, 0.3) is 0 Å². The lowest BCUT2D eigenvalue weighted by Gasteiger charge is -2.28. The molecule has 0 aromatic heterocycles. The number of ether oxygens (including phenoxy) is 2. The maximum absolute atomic E-state index is 12.1. The molecule has 1 heterocycles. The molecule has 0 spiro atoms. The molecule has 1 aliphatic carbocycles. The van der Waals surface area contributed by atoms with E-state index in [-0.39, 0.29) is 6.09 Å². The normalized spacial score (nSPS) is 21.5. The highest BCUT2D eigenvalue weighted by molar-refractivity contribution is 5.68. The molecule has 1 aromatic rings. The van der Waals surface area contributed by atoms with Gasteiger partial charge in [-0.25, -0.2) is 4.79 Å². The Kier molecular flexibility index (Phi) is 5.02. The average molecular weight is 331 g/mol. The van der Waals surface area contributed by atoms with Crippen LogP contribution in [-0.4, -0.2) is 36.3 Å². The topological polar surface area (TPSA) is 38.8 Å². The van der Waals surface area contributed by atoms with Gasteiger partial charge in [-0.3, -0.25) is 0 Å². The van der Waals surface area contributed by atoms with Crippen LogP contribution < -0.4 is 4.74 Å². The SMILES string of the molecule is CC(C)(C)OC(=O)N1CC[C@H](COc2ccccc2C2CCC2)C1. The highest BCUT2D eigenvalue weighted by atomic mass is 16.6. The molecular weight excluding hydrogens is 302 g/mol. The van der Waals surface area contributed by atoms with Crippen molar-refractivity contribution < 1.29 is 14.3 Å². The fourth-order valence-corrected chi connectivity index (χ4v) is 3.34. The molecule has 2 aliphatic rings. The van der Waals surface area contributed by atoms with Crippen molar-refractivity contribution in [3.8, 4) is 5.75 Å². The van der Waals surface area contributed by atoms with Gasteiger partial charge >= 0.3 is 6.09 Å². The minimum absolute atomic E-state index is 0.208. The van der Waals surface area contributed by atoms with Crippen LogP contribution in [0.2, 0.25) is 0 Å². The van der Waals surface area contributed by atoms with Crippen LogP contribution in [0.4, 0.5) is 4.79 Å². The third kappa shape index (κ3) is 4.22. The first-order chi connectivity index (χ1) is 11.4. The molecule has 1 saturated carbocycles. The molecule has 132 valence electrons. The predicted octanol–water partition coefficient (Wildman–Crippen LogP) is 4.59. The Labute approximate surface area is 145 Å². The fraction of sp³-hybridized carbons (Fsp3) is 0.650. The Bertz CT molecular complexity index is 574. The number of carbonyl (C=O) groups excluding carboxylic acids is 1. The lowest BCUT2D eigenvalue weighted by atomic mass is 9.80. The highest BCUT2D eigenvalue weighted by Gasteiger charge is 2.30. The number of para-hydroxylation sites is 1. The number of hydrogen-bond acceptors (Lipinski definition) is 3. The van der Waals surface area contributed by atoms with Gasteiger partial charge in [0.25, 0.3) is 0 Å². The first-order valence-electron chi connectivity index (χ1n) is 9.12. The zero-order valence-corrected chi connectivity index (χ0v) is 15.1. The van der Waals surface area contributed by atoms with Gasteiger partial charge in [-0.1, -0.05) is 24.6 Å². The van der Waals surface area contributed by atoms with Gasteiger partial charge in [-0.2, -0.15) is 0 Å². The van der Waals surface area contributed by atoms with E-state index in [2.05, 4.69) is 18.2 Å². The van der Waals surface area contributed by atoms with E-state index < -0.39 is 5.60 Å². The smallest absolute Gasteiger partial charge is 0.410 e. The molecule has 1 amide bonds. The second-order valence-corrected chi connectivity index (χ2v) is 8.06. The number of likely N-dealkylation sites (tertiary alicyclic amines) is 1. The minimum Gasteiger partial charge on any atom is -0.493 e. The van der Waals surface area contributed by atoms with Crippen LogP contribution in [0.15, 0.2) is 24.3 Å². The largest absolute Gasteiger partial charge is 0.493 e. The van der Waals surface area contributed by atoms with E-state index in [1.165, 1.54) is 24.8 Å². The van der Waals surface area contributed by atoms with Gasteiger partial charge in [0.15, 0.2) is 0 Å².